The monoisotopic (exact) mass is 534 g/mol. The maximum Gasteiger partial charge on any atom is 0.265 e. The predicted molar refractivity (Wildman–Crippen MR) is 149 cm³/mol. The number of methoxy groups -OCH3 is 3. The highest BCUT2D eigenvalue weighted by molar-refractivity contribution is 6.31. The highest BCUT2D eigenvalue weighted by Crippen LogP contribution is 2.48. The molecule has 0 bridgehead atoms. The topological polar surface area (TPSA) is 77.1 Å². The van der Waals surface area contributed by atoms with E-state index >= 15 is 0 Å². The third-order valence-electron chi connectivity index (χ3n) is 6.40. The zero-order valence-corrected chi connectivity index (χ0v) is 23.1. The molecule has 1 fully saturated rings. The second-order valence-corrected chi connectivity index (χ2v) is 10.3. The summed E-state index contributed by atoms with van der Waals surface area (Å²) >= 11 is 6.43. The molecular weight excluding hydrogens is 504 g/mol. The highest BCUT2D eigenvalue weighted by Gasteiger charge is 2.59. The molecule has 0 radical (unpaired) electrons. The lowest BCUT2D eigenvalue weighted by molar-refractivity contribution is -0.144. The van der Waals surface area contributed by atoms with Crippen LogP contribution in [0.2, 0.25) is 5.02 Å². The molecule has 0 aromatic heterocycles. The van der Waals surface area contributed by atoms with Gasteiger partial charge in [-0.2, -0.15) is 0 Å². The van der Waals surface area contributed by atoms with E-state index in [1.54, 1.807) is 42.5 Å². The summed E-state index contributed by atoms with van der Waals surface area (Å²) in [6, 6.07) is 19.8. The Kier molecular flexibility index (Phi) is 7.42. The summed E-state index contributed by atoms with van der Waals surface area (Å²) in [4.78, 5) is 29.9. The normalized spacial score (nSPS) is 18.6. The van der Waals surface area contributed by atoms with E-state index in [9.17, 15) is 9.59 Å². The average Bonchev–Trinajstić information content (AvgIpc) is 3.10. The predicted octanol–water partition coefficient (Wildman–Crippen LogP) is 5.92. The molecule has 38 heavy (non-hydrogen) atoms. The molecule has 1 aliphatic rings. The standard InChI is InChI=1S/C30H31ClN2O5/c1-29(2,3)33-27(34)23(15-19-11-8-7-9-12-19)30(28(33)35,20-13-10-14-21(31)16-20)32-22-17-24(36-4)26(38-6)25(18-22)37-5/h7-18,32H,1-6H3. The van der Waals surface area contributed by atoms with Crippen LogP contribution in [0.25, 0.3) is 6.08 Å². The molecule has 4 rings (SSSR count). The number of hydrogen-bond acceptors (Lipinski definition) is 6. The maximum absolute atomic E-state index is 14.5. The Balaban J connectivity index is 2.05. The Morgan fingerprint density at radius 3 is 2.03 bits per heavy atom. The van der Waals surface area contributed by atoms with Crippen LogP contribution in [0, 0.1) is 0 Å². The van der Waals surface area contributed by atoms with Gasteiger partial charge in [0.05, 0.1) is 26.9 Å². The molecule has 7 nitrogen and oxygen atoms in total. The molecule has 1 saturated heterocycles. The van der Waals surface area contributed by atoms with Crippen LogP contribution in [0.5, 0.6) is 17.2 Å². The molecule has 0 saturated carbocycles. The minimum atomic E-state index is -1.60. The summed E-state index contributed by atoms with van der Waals surface area (Å²) in [5.41, 5.74) is -0.352. The fraction of sp³-hybridized carbons (Fsp3) is 0.267. The van der Waals surface area contributed by atoms with Crippen LogP contribution < -0.4 is 19.5 Å². The van der Waals surface area contributed by atoms with Crippen molar-refractivity contribution in [3.8, 4) is 17.2 Å². The van der Waals surface area contributed by atoms with Gasteiger partial charge in [-0.3, -0.25) is 14.5 Å². The number of imide groups is 1. The molecule has 2 amide bonds. The quantitative estimate of drug-likeness (QED) is 0.299. The second-order valence-electron chi connectivity index (χ2n) is 9.88. The fourth-order valence-corrected chi connectivity index (χ4v) is 4.90. The zero-order valence-electron chi connectivity index (χ0n) is 22.3. The number of nitrogens with one attached hydrogen (secondary N) is 1. The van der Waals surface area contributed by atoms with Crippen molar-refractivity contribution in [1.82, 2.24) is 4.90 Å². The van der Waals surface area contributed by atoms with E-state index in [-0.39, 0.29) is 5.57 Å². The molecule has 3 aromatic carbocycles. The molecule has 1 unspecified atom stereocenters. The van der Waals surface area contributed by atoms with Crippen molar-refractivity contribution >= 4 is 35.2 Å². The van der Waals surface area contributed by atoms with Gasteiger partial charge in [-0.15, -0.1) is 0 Å². The lowest BCUT2D eigenvalue weighted by Gasteiger charge is -2.34. The summed E-state index contributed by atoms with van der Waals surface area (Å²) in [5, 5.41) is 3.83. The minimum absolute atomic E-state index is 0.264. The third-order valence-corrected chi connectivity index (χ3v) is 6.63. The Labute approximate surface area is 228 Å². The number of hydrogen-bond donors (Lipinski definition) is 1. The van der Waals surface area contributed by atoms with Gasteiger partial charge in [0.1, 0.15) is 0 Å². The number of amides is 2. The maximum atomic E-state index is 14.5. The van der Waals surface area contributed by atoms with E-state index in [2.05, 4.69) is 5.32 Å². The molecular formula is C30H31ClN2O5. The van der Waals surface area contributed by atoms with Gasteiger partial charge in [-0.25, -0.2) is 0 Å². The van der Waals surface area contributed by atoms with Crippen molar-refractivity contribution in [2.45, 2.75) is 31.8 Å². The van der Waals surface area contributed by atoms with Gasteiger partial charge in [-0.1, -0.05) is 54.1 Å². The van der Waals surface area contributed by atoms with Crippen molar-refractivity contribution in [2.75, 3.05) is 26.6 Å². The molecule has 198 valence electrons. The Hall–Kier alpha value is -3.97. The zero-order chi connectivity index (χ0) is 27.7. The Morgan fingerprint density at radius 2 is 1.50 bits per heavy atom. The molecule has 0 spiro atoms. The summed E-state index contributed by atoms with van der Waals surface area (Å²) < 4.78 is 16.6. The van der Waals surface area contributed by atoms with Gasteiger partial charge in [0.15, 0.2) is 17.0 Å². The van der Waals surface area contributed by atoms with E-state index in [0.29, 0.717) is 33.5 Å². The fourth-order valence-electron chi connectivity index (χ4n) is 4.71. The number of benzene rings is 3. The first-order valence-electron chi connectivity index (χ1n) is 12.1. The lowest BCUT2D eigenvalue weighted by atomic mass is 9.82. The summed E-state index contributed by atoms with van der Waals surface area (Å²) in [7, 11) is 4.54. The number of likely N-dealkylation sites (tertiary alicyclic amines) is 1. The van der Waals surface area contributed by atoms with Crippen LogP contribution in [-0.2, 0) is 15.1 Å². The van der Waals surface area contributed by atoms with E-state index in [4.69, 9.17) is 25.8 Å². The summed E-state index contributed by atoms with van der Waals surface area (Å²) in [5.74, 6) is 0.379. The van der Waals surface area contributed by atoms with E-state index in [0.717, 1.165) is 5.56 Å². The van der Waals surface area contributed by atoms with Crippen LogP contribution in [-0.4, -0.2) is 43.6 Å². The Bertz CT molecular complexity index is 1370. The first-order chi connectivity index (χ1) is 18.1. The lowest BCUT2D eigenvalue weighted by Crippen LogP contribution is -2.50. The summed E-state index contributed by atoms with van der Waals surface area (Å²) in [6.07, 6.45) is 1.75. The summed E-state index contributed by atoms with van der Waals surface area (Å²) in [6.45, 7) is 5.49. The Morgan fingerprint density at radius 1 is 0.868 bits per heavy atom. The molecule has 0 aliphatic carbocycles. The van der Waals surface area contributed by atoms with Gasteiger partial charge >= 0.3 is 0 Å². The first-order valence-corrected chi connectivity index (χ1v) is 12.4. The van der Waals surface area contributed by atoms with Crippen molar-refractivity contribution in [3.05, 3.63) is 88.5 Å². The van der Waals surface area contributed by atoms with Gasteiger partial charge in [0.25, 0.3) is 11.8 Å². The third kappa shape index (κ3) is 4.70. The first kappa shape index (κ1) is 27.1. The van der Waals surface area contributed by atoms with Crippen LogP contribution in [0.4, 0.5) is 5.69 Å². The van der Waals surface area contributed by atoms with Crippen LogP contribution in [0.1, 0.15) is 31.9 Å². The van der Waals surface area contributed by atoms with Gasteiger partial charge in [0.2, 0.25) is 5.75 Å². The SMILES string of the molecule is COc1cc(NC2(c3cccc(Cl)c3)C(=O)N(C(C)(C)C)C(=O)C2=Cc2ccccc2)cc(OC)c1OC. The van der Waals surface area contributed by atoms with Gasteiger partial charge in [-0.05, 0) is 50.1 Å². The number of ether oxygens (including phenoxy) is 3. The molecule has 3 aromatic rings. The van der Waals surface area contributed by atoms with Crippen molar-refractivity contribution in [3.63, 3.8) is 0 Å². The number of nitrogens with zero attached hydrogens (tertiary/aromatic N) is 1. The minimum Gasteiger partial charge on any atom is -0.493 e. The van der Waals surface area contributed by atoms with E-state index in [1.807, 2.05) is 51.1 Å². The van der Waals surface area contributed by atoms with Gasteiger partial charge < -0.3 is 19.5 Å². The largest absolute Gasteiger partial charge is 0.493 e. The molecule has 1 aliphatic heterocycles. The second kappa shape index (κ2) is 10.4. The number of rotatable bonds is 7. The molecule has 1 N–H and O–H groups in total. The van der Waals surface area contributed by atoms with Crippen LogP contribution in [0.15, 0.2) is 72.3 Å². The van der Waals surface area contributed by atoms with Crippen LogP contribution >= 0.6 is 11.6 Å². The highest BCUT2D eigenvalue weighted by atomic mass is 35.5. The van der Waals surface area contributed by atoms with Gasteiger partial charge in [0, 0.05) is 28.4 Å². The van der Waals surface area contributed by atoms with Crippen molar-refractivity contribution < 1.29 is 23.8 Å². The van der Waals surface area contributed by atoms with Crippen molar-refractivity contribution in [1.29, 1.82) is 0 Å². The molecule has 8 heteroatoms. The number of carbonyl (C=O) groups excluding carboxylic acids is 2. The molecule has 1 heterocycles. The number of carbonyl (C=O) groups is 2. The van der Waals surface area contributed by atoms with Crippen LogP contribution in [0.3, 0.4) is 0 Å². The van der Waals surface area contributed by atoms with E-state index in [1.165, 1.54) is 26.2 Å². The number of anilines is 1. The smallest absolute Gasteiger partial charge is 0.265 e. The van der Waals surface area contributed by atoms with E-state index < -0.39 is 22.9 Å². The average molecular weight is 535 g/mol. The number of halogens is 1. The molecule has 1 atom stereocenters. The van der Waals surface area contributed by atoms with Crippen molar-refractivity contribution in [2.24, 2.45) is 0 Å².